The number of methoxy groups -OCH3 is 1. The van der Waals surface area contributed by atoms with Crippen LogP contribution in [0, 0.1) is 0 Å². The third-order valence-electron chi connectivity index (χ3n) is 3.55. The normalized spacial score (nSPS) is 11.1. The van der Waals surface area contributed by atoms with E-state index in [-0.39, 0.29) is 0 Å². The number of nitrogens with one attached hydrogen (secondary N) is 1. The molecule has 0 amide bonds. The summed E-state index contributed by atoms with van der Waals surface area (Å²) < 4.78 is 5.19. The zero-order chi connectivity index (χ0) is 14.2. The van der Waals surface area contributed by atoms with E-state index < -0.39 is 0 Å². The van der Waals surface area contributed by atoms with Crippen LogP contribution in [0.5, 0.6) is 5.75 Å². The Morgan fingerprint density at radius 1 is 1.10 bits per heavy atom. The van der Waals surface area contributed by atoms with Gasteiger partial charge in [-0.05, 0) is 36.4 Å². The number of aromatic amines is 1. The van der Waals surface area contributed by atoms with Crippen molar-refractivity contribution in [2.24, 2.45) is 0 Å². The zero-order valence-corrected chi connectivity index (χ0v) is 11.4. The van der Waals surface area contributed by atoms with E-state index in [1.807, 2.05) is 36.4 Å². The molecule has 0 bridgehead atoms. The van der Waals surface area contributed by atoms with Crippen molar-refractivity contribution in [1.29, 1.82) is 0 Å². The SMILES string of the molecule is COc1ccc(-c2n[nH]c3cc4cncnc4cc23)cc1. The first-order valence-corrected chi connectivity index (χ1v) is 6.57. The molecule has 0 radical (unpaired) electrons. The van der Waals surface area contributed by atoms with E-state index in [0.29, 0.717) is 0 Å². The number of aromatic nitrogens is 4. The Labute approximate surface area is 120 Å². The Kier molecular flexibility index (Phi) is 2.57. The molecule has 0 saturated heterocycles. The topological polar surface area (TPSA) is 63.7 Å². The van der Waals surface area contributed by atoms with Crippen molar-refractivity contribution in [3.05, 3.63) is 48.9 Å². The van der Waals surface area contributed by atoms with Crippen molar-refractivity contribution in [3.63, 3.8) is 0 Å². The lowest BCUT2D eigenvalue weighted by Gasteiger charge is -2.02. The van der Waals surface area contributed by atoms with Gasteiger partial charge in [-0.3, -0.25) is 5.10 Å². The second kappa shape index (κ2) is 4.56. The molecule has 4 rings (SSSR count). The van der Waals surface area contributed by atoms with Crippen LogP contribution in [-0.4, -0.2) is 27.3 Å². The summed E-state index contributed by atoms with van der Waals surface area (Å²) in [5, 5.41) is 9.54. The van der Waals surface area contributed by atoms with Gasteiger partial charge < -0.3 is 4.74 Å². The van der Waals surface area contributed by atoms with Gasteiger partial charge in [-0.1, -0.05) is 0 Å². The van der Waals surface area contributed by atoms with Gasteiger partial charge in [-0.15, -0.1) is 0 Å². The molecule has 0 atom stereocenters. The number of benzene rings is 2. The Balaban J connectivity index is 1.93. The average Bonchev–Trinajstić information content (AvgIpc) is 2.95. The molecule has 0 aliphatic rings. The lowest BCUT2D eigenvalue weighted by Crippen LogP contribution is -1.84. The van der Waals surface area contributed by atoms with Crippen LogP contribution in [-0.2, 0) is 0 Å². The molecule has 0 spiro atoms. The number of nitrogens with zero attached hydrogens (tertiary/aromatic N) is 3. The summed E-state index contributed by atoms with van der Waals surface area (Å²) in [5.74, 6) is 0.830. The largest absolute Gasteiger partial charge is 0.497 e. The zero-order valence-electron chi connectivity index (χ0n) is 11.4. The Morgan fingerprint density at radius 3 is 2.76 bits per heavy atom. The second-order valence-electron chi connectivity index (χ2n) is 4.78. The highest BCUT2D eigenvalue weighted by Gasteiger charge is 2.10. The number of rotatable bonds is 2. The summed E-state index contributed by atoms with van der Waals surface area (Å²) in [5.41, 5.74) is 3.83. The van der Waals surface area contributed by atoms with Crippen LogP contribution >= 0.6 is 0 Å². The summed E-state index contributed by atoms with van der Waals surface area (Å²) >= 11 is 0. The molecule has 0 unspecified atom stereocenters. The van der Waals surface area contributed by atoms with E-state index in [9.17, 15) is 0 Å². The van der Waals surface area contributed by atoms with Gasteiger partial charge in [-0.25, -0.2) is 9.97 Å². The summed E-state index contributed by atoms with van der Waals surface area (Å²) in [6.45, 7) is 0. The minimum atomic E-state index is 0.830. The van der Waals surface area contributed by atoms with Crippen LogP contribution in [0.4, 0.5) is 0 Å². The van der Waals surface area contributed by atoms with Crippen LogP contribution in [0.1, 0.15) is 0 Å². The fraction of sp³-hybridized carbons (Fsp3) is 0.0625. The van der Waals surface area contributed by atoms with Gasteiger partial charge in [0.05, 0.1) is 23.8 Å². The van der Waals surface area contributed by atoms with Crippen molar-refractivity contribution >= 4 is 21.8 Å². The third-order valence-corrected chi connectivity index (χ3v) is 3.55. The van der Waals surface area contributed by atoms with Gasteiger partial charge in [0.2, 0.25) is 0 Å². The summed E-state index contributed by atoms with van der Waals surface area (Å²) in [7, 11) is 1.66. The number of ether oxygens (including phenoxy) is 1. The lowest BCUT2D eigenvalue weighted by molar-refractivity contribution is 0.415. The summed E-state index contributed by atoms with van der Waals surface area (Å²) in [6.07, 6.45) is 3.36. The van der Waals surface area contributed by atoms with E-state index in [2.05, 4.69) is 20.2 Å². The minimum absolute atomic E-state index is 0.830. The number of fused-ring (bicyclic) bond motifs is 2. The van der Waals surface area contributed by atoms with E-state index in [1.54, 1.807) is 19.6 Å². The minimum Gasteiger partial charge on any atom is -0.497 e. The standard InChI is InChI=1S/C16H12N4O/c1-21-12-4-2-10(3-5-12)16-13-7-14-11(8-17-9-18-14)6-15(13)19-20-16/h2-9H,1H3,(H,19,20). The third kappa shape index (κ3) is 1.90. The molecule has 0 aliphatic heterocycles. The molecule has 0 aliphatic carbocycles. The summed E-state index contributed by atoms with van der Waals surface area (Å²) in [6, 6.07) is 11.9. The molecule has 2 aromatic heterocycles. The molecule has 0 saturated carbocycles. The predicted molar refractivity (Wildman–Crippen MR) is 81.2 cm³/mol. The highest BCUT2D eigenvalue weighted by Crippen LogP contribution is 2.29. The van der Waals surface area contributed by atoms with Crippen LogP contribution in [0.3, 0.4) is 0 Å². The quantitative estimate of drug-likeness (QED) is 0.610. The molecule has 21 heavy (non-hydrogen) atoms. The van der Waals surface area contributed by atoms with E-state index in [4.69, 9.17) is 4.74 Å². The first-order valence-electron chi connectivity index (χ1n) is 6.57. The number of hydrogen-bond donors (Lipinski definition) is 1. The predicted octanol–water partition coefficient (Wildman–Crippen LogP) is 3.18. The maximum atomic E-state index is 5.19. The van der Waals surface area contributed by atoms with Gasteiger partial charge in [0.15, 0.2) is 0 Å². The van der Waals surface area contributed by atoms with Crippen molar-refractivity contribution in [3.8, 4) is 17.0 Å². The van der Waals surface area contributed by atoms with Crippen LogP contribution in [0.15, 0.2) is 48.9 Å². The monoisotopic (exact) mass is 276 g/mol. The maximum absolute atomic E-state index is 5.19. The van der Waals surface area contributed by atoms with E-state index >= 15 is 0 Å². The first kappa shape index (κ1) is 11.8. The first-order chi connectivity index (χ1) is 10.3. The van der Waals surface area contributed by atoms with Crippen molar-refractivity contribution in [2.75, 3.05) is 7.11 Å². The van der Waals surface area contributed by atoms with Crippen LogP contribution in [0.25, 0.3) is 33.1 Å². The average molecular weight is 276 g/mol. The fourth-order valence-electron chi connectivity index (χ4n) is 2.46. The number of H-pyrrole nitrogens is 1. The van der Waals surface area contributed by atoms with Crippen molar-refractivity contribution in [1.82, 2.24) is 20.2 Å². The Bertz CT molecular complexity index is 928. The van der Waals surface area contributed by atoms with Crippen LogP contribution < -0.4 is 4.74 Å². The molecule has 2 heterocycles. The van der Waals surface area contributed by atoms with E-state index in [1.165, 1.54) is 0 Å². The molecule has 0 fully saturated rings. The maximum Gasteiger partial charge on any atom is 0.118 e. The highest BCUT2D eigenvalue weighted by atomic mass is 16.5. The molecule has 5 nitrogen and oxygen atoms in total. The van der Waals surface area contributed by atoms with Gasteiger partial charge in [-0.2, -0.15) is 5.10 Å². The van der Waals surface area contributed by atoms with E-state index in [0.717, 1.165) is 38.8 Å². The number of hydrogen-bond acceptors (Lipinski definition) is 4. The van der Waals surface area contributed by atoms with Crippen molar-refractivity contribution in [2.45, 2.75) is 0 Å². The molecule has 102 valence electrons. The van der Waals surface area contributed by atoms with Gasteiger partial charge in [0, 0.05) is 22.5 Å². The molecular weight excluding hydrogens is 264 g/mol. The molecule has 1 N–H and O–H groups in total. The Morgan fingerprint density at radius 2 is 1.95 bits per heavy atom. The highest BCUT2D eigenvalue weighted by molar-refractivity contribution is 6.01. The summed E-state index contributed by atoms with van der Waals surface area (Å²) in [4.78, 5) is 8.34. The second-order valence-corrected chi connectivity index (χ2v) is 4.78. The van der Waals surface area contributed by atoms with Crippen LogP contribution in [0.2, 0.25) is 0 Å². The lowest BCUT2D eigenvalue weighted by atomic mass is 10.1. The van der Waals surface area contributed by atoms with Gasteiger partial charge >= 0.3 is 0 Å². The van der Waals surface area contributed by atoms with Gasteiger partial charge in [0.1, 0.15) is 12.1 Å². The molecule has 5 heteroatoms. The Hall–Kier alpha value is -2.95. The fourth-order valence-corrected chi connectivity index (χ4v) is 2.46. The smallest absolute Gasteiger partial charge is 0.118 e. The van der Waals surface area contributed by atoms with Crippen molar-refractivity contribution < 1.29 is 4.74 Å². The van der Waals surface area contributed by atoms with Gasteiger partial charge in [0.25, 0.3) is 0 Å². The molecule has 2 aromatic carbocycles. The molecule has 4 aromatic rings. The molecular formula is C16H12N4O.